The summed E-state index contributed by atoms with van der Waals surface area (Å²) in [5.41, 5.74) is 1.47. The summed E-state index contributed by atoms with van der Waals surface area (Å²) in [4.78, 5) is 18.5. The van der Waals surface area contributed by atoms with Gasteiger partial charge in [-0.1, -0.05) is 23.7 Å². The fourth-order valence-electron chi connectivity index (χ4n) is 3.20. The van der Waals surface area contributed by atoms with Gasteiger partial charge in [0.1, 0.15) is 5.75 Å². The first-order valence-electron chi connectivity index (χ1n) is 8.39. The first-order chi connectivity index (χ1) is 12.0. The standard InChI is InChI=1S/C19H21ClN2O3/c20-15-11-13(4-5-17(15)23)12-18(24)22-9-6-14(7-10-22)19(25)16-3-1-2-8-21-16/h1-5,8,11,14,19,23,25H,6-7,9-10,12H2. The van der Waals surface area contributed by atoms with Crippen LogP contribution < -0.4 is 0 Å². The molecular weight excluding hydrogens is 340 g/mol. The zero-order valence-electron chi connectivity index (χ0n) is 13.8. The second-order valence-electron chi connectivity index (χ2n) is 6.38. The lowest BCUT2D eigenvalue weighted by molar-refractivity contribution is -0.132. The average molecular weight is 361 g/mol. The number of aromatic hydroxyl groups is 1. The van der Waals surface area contributed by atoms with Gasteiger partial charge in [0, 0.05) is 19.3 Å². The minimum Gasteiger partial charge on any atom is -0.506 e. The molecule has 2 heterocycles. The van der Waals surface area contributed by atoms with E-state index in [9.17, 15) is 15.0 Å². The molecule has 1 atom stereocenters. The van der Waals surface area contributed by atoms with Crippen LogP contribution in [0.2, 0.25) is 5.02 Å². The first-order valence-corrected chi connectivity index (χ1v) is 8.76. The molecule has 6 heteroatoms. The van der Waals surface area contributed by atoms with Gasteiger partial charge in [0.25, 0.3) is 0 Å². The Labute approximate surface area is 151 Å². The molecule has 1 aromatic heterocycles. The Morgan fingerprint density at radius 3 is 2.68 bits per heavy atom. The summed E-state index contributed by atoms with van der Waals surface area (Å²) in [6, 6.07) is 10.3. The van der Waals surface area contributed by atoms with Crippen molar-refractivity contribution in [2.75, 3.05) is 13.1 Å². The number of hydrogen-bond acceptors (Lipinski definition) is 4. The van der Waals surface area contributed by atoms with E-state index in [1.807, 2.05) is 23.1 Å². The third-order valence-corrected chi connectivity index (χ3v) is 5.00. The predicted octanol–water partition coefficient (Wildman–Crippen LogP) is 2.96. The van der Waals surface area contributed by atoms with E-state index in [4.69, 9.17) is 11.6 Å². The molecule has 1 amide bonds. The fourth-order valence-corrected chi connectivity index (χ4v) is 3.41. The normalized spacial score (nSPS) is 16.6. The van der Waals surface area contributed by atoms with E-state index in [1.54, 1.807) is 18.3 Å². The van der Waals surface area contributed by atoms with Gasteiger partial charge < -0.3 is 15.1 Å². The Morgan fingerprint density at radius 1 is 1.28 bits per heavy atom. The molecule has 2 aromatic rings. The molecule has 1 aliphatic rings. The minimum atomic E-state index is -0.589. The highest BCUT2D eigenvalue weighted by molar-refractivity contribution is 6.32. The van der Waals surface area contributed by atoms with E-state index in [1.165, 1.54) is 6.07 Å². The number of amides is 1. The van der Waals surface area contributed by atoms with Gasteiger partial charge in [-0.3, -0.25) is 9.78 Å². The number of rotatable bonds is 4. The van der Waals surface area contributed by atoms with Gasteiger partial charge in [0.2, 0.25) is 5.91 Å². The van der Waals surface area contributed by atoms with Crippen LogP contribution in [0.25, 0.3) is 0 Å². The van der Waals surface area contributed by atoms with E-state index in [0.29, 0.717) is 18.8 Å². The Kier molecular flexibility index (Phi) is 5.56. The molecule has 5 nitrogen and oxygen atoms in total. The highest BCUT2D eigenvalue weighted by Gasteiger charge is 2.28. The maximum atomic E-state index is 12.5. The second kappa shape index (κ2) is 7.85. The SMILES string of the molecule is O=C(Cc1ccc(O)c(Cl)c1)N1CCC(C(O)c2ccccn2)CC1. The number of carbonyl (C=O) groups excluding carboxylic acids is 1. The molecule has 3 rings (SSSR count). The molecule has 1 aliphatic heterocycles. The van der Waals surface area contributed by atoms with Crippen LogP contribution in [0.1, 0.15) is 30.2 Å². The summed E-state index contributed by atoms with van der Waals surface area (Å²) in [6.07, 6.45) is 2.85. The molecule has 0 aliphatic carbocycles. The van der Waals surface area contributed by atoms with Crippen LogP contribution >= 0.6 is 11.6 Å². The van der Waals surface area contributed by atoms with Gasteiger partial charge in [-0.05, 0) is 48.6 Å². The fraction of sp³-hybridized carbons (Fsp3) is 0.368. The summed E-state index contributed by atoms with van der Waals surface area (Å²) >= 11 is 5.89. The number of pyridine rings is 1. The molecule has 0 saturated carbocycles. The third-order valence-electron chi connectivity index (χ3n) is 4.70. The van der Waals surface area contributed by atoms with Crippen LogP contribution in [0.15, 0.2) is 42.6 Å². The van der Waals surface area contributed by atoms with Crippen molar-refractivity contribution in [3.8, 4) is 5.75 Å². The number of phenolic OH excluding ortho intramolecular Hbond substituents is 1. The monoisotopic (exact) mass is 360 g/mol. The van der Waals surface area contributed by atoms with Crippen LogP contribution in [0.4, 0.5) is 0 Å². The maximum absolute atomic E-state index is 12.5. The minimum absolute atomic E-state index is 0.0159. The smallest absolute Gasteiger partial charge is 0.226 e. The number of carbonyl (C=O) groups is 1. The number of halogens is 1. The number of aromatic nitrogens is 1. The van der Waals surface area contributed by atoms with Crippen molar-refractivity contribution in [2.24, 2.45) is 5.92 Å². The van der Waals surface area contributed by atoms with Crippen molar-refractivity contribution < 1.29 is 15.0 Å². The topological polar surface area (TPSA) is 73.7 Å². The van der Waals surface area contributed by atoms with Crippen molar-refractivity contribution in [1.29, 1.82) is 0 Å². The average Bonchev–Trinajstić information content (AvgIpc) is 2.65. The van der Waals surface area contributed by atoms with Crippen LogP contribution in [-0.4, -0.2) is 39.1 Å². The van der Waals surface area contributed by atoms with Crippen molar-refractivity contribution in [2.45, 2.75) is 25.4 Å². The maximum Gasteiger partial charge on any atom is 0.226 e. The highest BCUT2D eigenvalue weighted by atomic mass is 35.5. The number of piperidine rings is 1. The molecule has 132 valence electrons. The van der Waals surface area contributed by atoms with Crippen molar-refractivity contribution in [3.63, 3.8) is 0 Å². The van der Waals surface area contributed by atoms with E-state index >= 15 is 0 Å². The van der Waals surface area contributed by atoms with Gasteiger partial charge in [-0.2, -0.15) is 0 Å². The van der Waals surface area contributed by atoms with Crippen LogP contribution in [0, 0.1) is 5.92 Å². The van der Waals surface area contributed by atoms with Crippen LogP contribution in [-0.2, 0) is 11.2 Å². The highest BCUT2D eigenvalue weighted by Crippen LogP contribution is 2.30. The van der Waals surface area contributed by atoms with Crippen LogP contribution in [0.3, 0.4) is 0 Å². The van der Waals surface area contributed by atoms with Gasteiger partial charge in [-0.25, -0.2) is 0 Å². The van der Waals surface area contributed by atoms with Gasteiger partial charge in [0.05, 0.1) is 23.2 Å². The number of aliphatic hydroxyl groups excluding tert-OH is 1. The van der Waals surface area contributed by atoms with E-state index in [-0.39, 0.29) is 29.0 Å². The quantitative estimate of drug-likeness (QED) is 0.879. The second-order valence-corrected chi connectivity index (χ2v) is 6.79. The lowest BCUT2D eigenvalue weighted by atomic mass is 9.89. The Morgan fingerprint density at radius 2 is 2.04 bits per heavy atom. The summed E-state index contributed by atoms with van der Waals surface area (Å²) in [6.45, 7) is 1.25. The number of hydrogen-bond donors (Lipinski definition) is 2. The molecule has 0 spiro atoms. The van der Waals surface area contributed by atoms with Crippen molar-refractivity contribution in [1.82, 2.24) is 9.88 Å². The first kappa shape index (κ1) is 17.7. The van der Waals surface area contributed by atoms with Gasteiger partial charge >= 0.3 is 0 Å². The number of likely N-dealkylation sites (tertiary alicyclic amines) is 1. The third kappa shape index (κ3) is 4.30. The summed E-state index contributed by atoms with van der Waals surface area (Å²) < 4.78 is 0. The largest absolute Gasteiger partial charge is 0.506 e. The van der Waals surface area contributed by atoms with Crippen LogP contribution in [0.5, 0.6) is 5.75 Å². The van der Waals surface area contributed by atoms with Gasteiger partial charge in [0.15, 0.2) is 0 Å². The van der Waals surface area contributed by atoms with Crippen molar-refractivity contribution in [3.05, 3.63) is 58.9 Å². The summed E-state index contributed by atoms with van der Waals surface area (Å²) in [7, 11) is 0. The van der Waals surface area contributed by atoms with Crippen molar-refractivity contribution >= 4 is 17.5 Å². The summed E-state index contributed by atoms with van der Waals surface area (Å²) in [5.74, 6) is 0.164. The Bertz CT molecular complexity index is 731. The molecule has 1 unspecified atom stereocenters. The molecule has 1 fully saturated rings. The molecule has 2 N–H and O–H groups in total. The van der Waals surface area contributed by atoms with E-state index in [2.05, 4.69) is 4.98 Å². The molecule has 0 radical (unpaired) electrons. The van der Waals surface area contributed by atoms with E-state index in [0.717, 1.165) is 18.4 Å². The van der Waals surface area contributed by atoms with E-state index < -0.39 is 6.10 Å². The Hall–Kier alpha value is -2.11. The molecular formula is C19H21ClN2O3. The molecule has 1 aromatic carbocycles. The Balaban J connectivity index is 1.54. The zero-order chi connectivity index (χ0) is 17.8. The number of phenols is 1. The molecule has 1 saturated heterocycles. The summed E-state index contributed by atoms with van der Waals surface area (Å²) in [5, 5.41) is 20.2. The lowest BCUT2D eigenvalue weighted by Crippen LogP contribution is -2.40. The molecule has 25 heavy (non-hydrogen) atoms. The van der Waals surface area contributed by atoms with Gasteiger partial charge in [-0.15, -0.1) is 0 Å². The lowest BCUT2D eigenvalue weighted by Gasteiger charge is -2.34. The molecule has 0 bridgehead atoms. The zero-order valence-corrected chi connectivity index (χ0v) is 14.6. The predicted molar refractivity (Wildman–Crippen MR) is 95.3 cm³/mol. The number of aliphatic hydroxyl groups is 1. The number of benzene rings is 1. The number of nitrogens with zero attached hydrogens (tertiary/aromatic N) is 2.